The Morgan fingerprint density at radius 1 is 1.28 bits per heavy atom. The van der Waals surface area contributed by atoms with Gasteiger partial charge in [-0.1, -0.05) is 0 Å². The first-order chi connectivity index (χ1) is 8.61. The molecule has 0 radical (unpaired) electrons. The average Bonchev–Trinajstić information content (AvgIpc) is 2.75. The summed E-state index contributed by atoms with van der Waals surface area (Å²) >= 11 is 1.63. The molecule has 2 N–H and O–H groups in total. The highest BCUT2D eigenvalue weighted by Crippen LogP contribution is 2.29. The van der Waals surface area contributed by atoms with Crippen LogP contribution in [0.15, 0.2) is 29.6 Å². The summed E-state index contributed by atoms with van der Waals surface area (Å²) in [6, 6.07) is 6.56. The van der Waals surface area contributed by atoms with E-state index in [0.29, 0.717) is 12.3 Å². The number of benzene rings is 1. The lowest BCUT2D eigenvalue weighted by atomic mass is 10.2. The van der Waals surface area contributed by atoms with Crippen LogP contribution >= 0.6 is 11.3 Å². The lowest BCUT2D eigenvalue weighted by Crippen LogP contribution is -2.18. The maximum atomic E-state index is 13.0. The maximum Gasteiger partial charge on any atom is 0.145 e. The molecule has 0 spiro atoms. The lowest BCUT2D eigenvalue weighted by Gasteiger charge is -2.18. The van der Waals surface area contributed by atoms with E-state index in [1.807, 2.05) is 25.3 Å². The average molecular weight is 265 g/mol. The molecule has 0 bridgehead atoms. The molecule has 0 aliphatic rings. The van der Waals surface area contributed by atoms with Gasteiger partial charge >= 0.3 is 0 Å². The number of halogens is 1. The minimum absolute atomic E-state index is 0.172. The van der Waals surface area contributed by atoms with Crippen molar-refractivity contribution < 1.29 is 9.13 Å². The predicted molar refractivity (Wildman–Crippen MR) is 72.6 cm³/mol. The Morgan fingerprint density at radius 3 is 2.61 bits per heavy atom. The molecular formula is C14H16FNOS. The van der Waals surface area contributed by atoms with Crippen molar-refractivity contribution in [3.63, 3.8) is 0 Å². The van der Waals surface area contributed by atoms with E-state index < -0.39 is 0 Å². The van der Waals surface area contributed by atoms with Crippen LogP contribution in [0.5, 0.6) is 5.75 Å². The molecular weight excluding hydrogens is 249 g/mol. The van der Waals surface area contributed by atoms with Crippen molar-refractivity contribution in [2.24, 2.45) is 5.73 Å². The first kappa shape index (κ1) is 13.1. The van der Waals surface area contributed by atoms with E-state index in [-0.39, 0.29) is 11.9 Å². The third-order valence-electron chi connectivity index (χ3n) is 2.81. The largest absolute Gasteiger partial charge is 0.483 e. The van der Waals surface area contributed by atoms with E-state index in [1.54, 1.807) is 17.4 Å². The van der Waals surface area contributed by atoms with Crippen LogP contribution in [0.25, 0.3) is 0 Å². The minimum atomic E-state index is -0.253. The van der Waals surface area contributed by atoms with Crippen molar-refractivity contribution >= 4 is 11.3 Å². The standard InChI is InChI=1S/C14H16FNOS/c1-9-5-6-18-14(9)13(8-16)17-12-4-3-11(15)7-10(12)2/h3-7,13H,8,16H2,1-2H3. The zero-order valence-electron chi connectivity index (χ0n) is 10.4. The van der Waals surface area contributed by atoms with Gasteiger partial charge in [-0.3, -0.25) is 0 Å². The Labute approximate surface area is 110 Å². The van der Waals surface area contributed by atoms with Crippen LogP contribution in [0.1, 0.15) is 22.1 Å². The number of hydrogen-bond acceptors (Lipinski definition) is 3. The summed E-state index contributed by atoms with van der Waals surface area (Å²) in [7, 11) is 0. The maximum absolute atomic E-state index is 13.0. The summed E-state index contributed by atoms with van der Waals surface area (Å²) in [6.45, 7) is 4.26. The molecule has 0 aliphatic carbocycles. The summed E-state index contributed by atoms with van der Waals surface area (Å²) in [5.41, 5.74) is 7.72. The fourth-order valence-electron chi connectivity index (χ4n) is 1.82. The summed E-state index contributed by atoms with van der Waals surface area (Å²) < 4.78 is 18.9. The molecule has 0 fully saturated rings. The highest BCUT2D eigenvalue weighted by Gasteiger charge is 2.16. The normalized spacial score (nSPS) is 12.4. The smallest absolute Gasteiger partial charge is 0.145 e. The van der Waals surface area contributed by atoms with Gasteiger partial charge in [-0.2, -0.15) is 0 Å². The van der Waals surface area contributed by atoms with Crippen LogP contribution < -0.4 is 10.5 Å². The minimum Gasteiger partial charge on any atom is -0.483 e. The molecule has 0 saturated carbocycles. The van der Waals surface area contributed by atoms with Gasteiger partial charge in [-0.05, 0) is 54.6 Å². The molecule has 96 valence electrons. The van der Waals surface area contributed by atoms with Crippen LogP contribution in [0, 0.1) is 19.7 Å². The Balaban J connectivity index is 2.23. The topological polar surface area (TPSA) is 35.2 Å². The van der Waals surface area contributed by atoms with E-state index in [0.717, 1.165) is 10.4 Å². The second kappa shape index (κ2) is 5.50. The molecule has 2 aromatic rings. The molecule has 2 nitrogen and oxygen atoms in total. The van der Waals surface area contributed by atoms with Gasteiger partial charge in [-0.15, -0.1) is 11.3 Å². The monoisotopic (exact) mass is 265 g/mol. The van der Waals surface area contributed by atoms with Crippen LogP contribution in [-0.2, 0) is 0 Å². The van der Waals surface area contributed by atoms with Gasteiger partial charge in [-0.25, -0.2) is 4.39 Å². The SMILES string of the molecule is Cc1cc(F)ccc1OC(CN)c1sccc1C. The zero-order chi connectivity index (χ0) is 13.1. The lowest BCUT2D eigenvalue weighted by molar-refractivity contribution is 0.215. The molecule has 1 aromatic heterocycles. The Bertz CT molecular complexity index is 538. The van der Waals surface area contributed by atoms with Crippen molar-refractivity contribution in [2.75, 3.05) is 6.54 Å². The number of thiophene rings is 1. The molecule has 18 heavy (non-hydrogen) atoms. The van der Waals surface area contributed by atoms with Crippen molar-refractivity contribution in [2.45, 2.75) is 20.0 Å². The van der Waals surface area contributed by atoms with Crippen molar-refractivity contribution in [1.82, 2.24) is 0 Å². The Hall–Kier alpha value is -1.39. The van der Waals surface area contributed by atoms with E-state index in [1.165, 1.54) is 17.7 Å². The Morgan fingerprint density at radius 2 is 2.06 bits per heavy atom. The van der Waals surface area contributed by atoms with Gasteiger partial charge < -0.3 is 10.5 Å². The van der Waals surface area contributed by atoms with Gasteiger partial charge in [0.2, 0.25) is 0 Å². The molecule has 1 atom stereocenters. The van der Waals surface area contributed by atoms with Gasteiger partial charge in [0.05, 0.1) is 0 Å². The molecule has 0 aliphatic heterocycles. The van der Waals surface area contributed by atoms with Crippen LogP contribution in [-0.4, -0.2) is 6.54 Å². The highest BCUT2D eigenvalue weighted by molar-refractivity contribution is 7.10. The number of ether oxygens (including phenoxy) is 1. The quantitative estimate of drug-likeness (QED) is 0.917. The number of aryl methyl sites for hydroxylation is 2. The van der Waals surface area contributed by atoms with E-state index in [2.05, 4.69) is 0 Å². The van der Waals surface area contributed by atoms with E-state index >= 15 is 0 Å². The fraction of sp³-hybridized carbons (Fsp3) is 0.286. The summed E-state index contributed by atoms with van der Waals surface area (Å²) in [5.74, 6) is 0.427. The van der Waals surface area contributed by atoms with Gasteiger partial charge in [0.15, 0.2) is 0 Å². The van der Waals surface area contributed by atoms with Crippen molar-refractivity contribution in [3.05, 3.63) is 51.5 Å². The second-order valence-corrected chi connectivity index (χ2v) is 5.17. The number of nitrogens with two attached hydrogens (primary N) is 1. The number of rotatable bonds is 4. The first-order valence-electron chi connectivity index (χ1n) is 5.78. The summed E-state index contributed by atoms with van der Waals surface area (Å²) in [6.07, 6.45) is -0.172. The van der Waals surface area contributed by atoms with E-state index in [4.69, 9.17) is 10.5 Å². The molecule has 0 amide bonds. The second-order valence-electron chi connectivity index (χ2n) is 4.22. The van der Waals surface area contributed by atoms with Gasteiger partial charge in [0, 0.05) is 11.4 Å². The number of hydrogen-bond donors (Lipinski definition) is 1. The fourth-order valence-corrected chi connectivity index (χ4v) is 2.79. The predicted octanol–water partition coefficient (Wildman–Crippen LogP) is 3.58. The molecule has 1 heterocycles. The summed E-state index contributed by atoms with van der Waals surface area (Å²) in [4.78, 5) is 1.13. The first-order valence-corrected chi connectivity index (χ1v) is 6.66. The molecule has 1 aromatic carbocycles. The zero-order valence-corrected chi connectivity index (χ0v) is 11.3. The van der Waals surface area contributed by atoms with Crippen molar-refractivity contribution in [3.8, 4) is 5.75 Å². The van der Waals surface area contributed by atoms with Crippen LogP contribution in [0.3, 0.4) is 0 Å². The Kier molecular flexibility index (Phi) is 3.99. The van der Waals surface area contributed by atoms with Crippen LogP contribution in [0.4, 0.5) is 4.39 Å². The van der Waals surface area contributed by atoms with E-state index in [9.17, 15) is 4.39 Å². The summed E-state index contributed by atoms with van der Waals surface area (Å²) in [5, 5.41) is 2.02. The molecule has 1 unspecified atom stereocenters. The highest BCUT2D eigenvalue weighted by atomic mass is 32.1. The molecule has 2 rings (SSSR count). The van der Waals surface area contributed by atoms with Crippen LogP contribution in [0.2, 0.25) is 0 Å². The molecule has 0 saturated heterocycles. The molecule has 4 heteroatoms. The van der Waals surface area contributed by atoms with Gasteiger partial charge in [0.25, 0.3) is 0 Å². The third-order valence-corrected chi connectivity index (χ3v) is 3.93. The third kappa shape index (κ3) is 2.71. The van der Waals surface area contributed by atoms with Crippen molar-refractivity contribution in [1.29, 1.82) is 0 Å². The van der Waals surface area contributed by atoms with Gasteiger partial charge in [0.1, 0.15) is 17.7 Å².